The van der Waals surface area contributed by atoms with Crippen LogP contribution in [-0.2, 0) is 0 Å². The second-order valence-electron chi connectivity index (χ2n) is 1.21. The van der Waals surface area contributed by atoms with Crippen LogP contribution < -0.4 is 0 Å². The van der Waals surface area contributed by atoms with E-state index in [1.807, 2.05) is 6.92 Å². The highest BCUT2D eigenvalue weighted by Gasteiger charge is 1.60. The molecule has 0 rings (SSSR count). The van der Waals surface area contributed by atoms with Gasteiger partial charge in [-0.15, -0.1) is 0 Å². The summed E-state index contributed by atoms with van der Waals surface area (Å²) in [4.78, 5) is 0. The highest BCUT2D eigenvalue weighted by molar-refractivity contribution is 5.70. The second-order valence-corrected chi connectivity index (χ2v) is 1.21. The van der Waals surface area contributed by atoms with E-state index in [0.29, 0.717) is 0 Å². The van der Waals surface area contributed by atoms with Crippen molar-refractivity contribution in [3.8, 4) is 0 Å². The van der Waals surface area contributed by atoms with Crippen LogP contribution in [0.4, 0.5) is 0 Å². The van der Waals surface area contributed by atoms with E-state index in [1.165, 1.54) is 0 Å². The minimum absolute atomic E-state index is 0.925. The lowest BCUT2D eigenvalue weighted by Gasteiger charge is -1.71. The topological polar surface area (TPSA) is 24.7 Å². The van der Waals surface area contributed by atoms with Crippen molar-refractivity contribution in [2.24, 2.45) is 10.2 Å². The van der Waals surface area contributed by atoms with Crippen LogP contribution in [0.5, 0.6) is 0 Å². The maximum Gasteiger partial charge on any atom is 0.0489 e. The Hall–Kier alpha value is -0.920. The summed E-state index contributed by atoms with van der Waals surface area (Å²) in [6.45, 7) is 5.44. The summed E-state index contributed by atoms with van der Waals surface area (Å²) in [5.74, 6) is 0. The SMILES string of the molecule is C=C/C=N\N=C/CC. The first-order chi connectivity index (χ1) is 3.91. The Kier molecular flexibility index (Phi) is 5.38. The van der Waals surface area contributed by atoms with E-state index in [1.54, 1.807) is 18.5 Å². The molecule has 0 fully saturated rings. The average Bonchev–Trinajstić information content (AvgIpc) is 1.81. The van der Waals surface area contributed by atoms with Gasteiger partial charge in [-0.05, 0) is 12.5 Å². The van der Waals surface area contributed by atoms with E-state index < -0.39 is 0 Å². The fraction of sp³-hybridized carbons (Fsp3) is 0.333. The largest absolute Gasteiger partial charge is 0.164 e. The zero-order valence-electron chi connectivity index (χ0n) is 5.04. The van der Waals surface area contributed by atoms with Crippen molar-refractivity contribution >= 4 is 12.4 Å². The summed E-state index contributed by atoms with van der Waals surface area (Å²) < 4.78 is 0. The molecule has 0 aliphatic rings. The minimum Gasteiger partial charge on any atom is -0.164 e. The first-order valence-electron chi connectivity index (χ1n) is 2.57. The van der Waals surface area contributed by atoms with Gasteiger partial charge in [0.25, 0.3) is 0 Å². The third kappa shape index (κ3) is 5.08. The van der Waals surface area contributed by atoms with Crippen molar-refractivity contribution in [1.82, 2.24) is 0 Å². The van der Waals surface area contributed by atoms with Gasteiger partial charge < -0.3 is 0 Å². The average molecular weight is 110 g/mol. The molecule has 0 unspecified atom stereocenters. The molecule has 44 valence electrons. The summed E-state index contributed by atoms with van der Waals surface area (Å²) >= 11 is 0. The van der Waals surface area contributed by atoms with E-state index in [-0.39, 0.29) is 0 Å². The summed E-state index contributed by atoms with van der Waals surface area (Å²) in [7, 11) is 0. The molecule has 0 saturated heterocycles. The lowest BCUT2D eigenvalue weighted by molar-refractivity contribution is 1.22. The van der Waals surface area contributed by atoms with Gasteiger partial charge in [0.2, 0.25) is 0 Å². The molecule has 0 aromatic heterocycles. The fourth-order valence-electron chi connectivity index (χ4n) is 0.214. The van der Waals surface area contributed by atoms with Gasteiger partial charge in [0.15, 0.2) is 0 Å². The molecule has 0 spiro atoms. The maximum atomic E-state index is 3.65. The molecule has 8 heavy (non-hydrogen) atoms. The molecule has 0 aliphatic carbocycles. The van der Waals surface area contributed by atoms with Crippen LogP contribution in [0.3, 0.4) is 0 Å². The first-order valence-corrected chi connectivity index (χ1v) is 2.57. The molecule has 0 radical (unpaired) electrons. The van der Waals surface area contributed by atoms with Gasteiger partial charge in [-0.2, -0.15) is 10.2 Å². The zero-order valence-corrected chi connectivity index (χ0v) is 5.04. The van der Waals surface area contributed by atoms with E-state index in [9.17, 15) is 0 Å². The van der Waals surface area contributed by atoms with Crippen molar-refractivity contribution in [2.75, 3.05) is 0 Å². The van der Waals surface area contributed by atoms with Crippen LogP contribution in [0.25, 0.3) is 0 Å². The van der Waals surface area contributed by atoms with E-state index >= 15 is 0 Å². The van der Waals surface area contributed by atoms with Crippen LogP contribution in [0, 0.1) is 0 Å². The summed E-state index contributed by atoms with van der Waals surface area (Å²) in [5, 5.41) is 7.26. The number of hydrogen-bond donors (Lipinski definition) is 0. The predicted octanol–water partition coefficient (Wildman–Crippen LogP) is 1.64. The van der Waals surface area contributed by atoms with Gasteiger partial charge in [0, 0.05) is 12.4 Å². The molecule has 0 N–H and O–H groups in total. The highest BCUT2D eigenvalue weighted by atomic mass is 15.2. The van der Waals surface area contributed by atoms with Gasteiger partial charge >= 0.3 is 0 Å². The number of allylic oxidation sites excluding steroid dienone is 1. The molecule has 2 nitrogen and oxygen atoms in total. The van der Waals surface area contributed by atoms with Crippen LogP contribution in [0.15, 0.2) is 22.9 Å². The van der Waals surface area contributed by atoms with Gasteiger partial charge in [0.05, 0.1) is 0 Å². The first kappa shape index (κ1) is 7.08. The van der Waals surface area contributed by atoms with Crippen LogP contribution >= 0.6 is 0 Å². The van der Waals surface area contributed by atoms with Gasteiger partial charge in [-0.1, -0.05) is 13.5 Å². The Labute approximate surface area is 49.6 Å². The summed E-state index contributed by atoms with van der Waals surface area (Å²) in [6, 6.07) is 0. The van der Waals surface area contributed by atoms with E-state index in [0.717, 1.165) is 6.42 Å². The number of hydrogen-bond acceptors (Lipinski definition) is 2. The Morgan fingerprint density at radius 3 is 2.75 bits per heavy atom. The molecule has 0 amide bonds. The predicted molar refractivity (Wildman–Crippen MR) is 37.5 cm³/mol. The molecule has 0 aromatic rings. The zero-order chi connectivity index (χ0) is 6.24. The Bertz CT molecular complexity index is 103. The van der Waals surface area contributed by atoms with Gasteiger partial charge in [0.1, 0.15) is 0 Å². The minimum atomic E-state index is 0.925. The molecule has 0 atom stereocenters. The van der Waals surface area contributed by atoms with Crippen molar-refractivity contribution in [1.29, 1.82) is 0 Å². The van der Waals surface area contributed by atoms with Crippen LogP contribution in [0.2, 0.25) is 0 Å². The lowest BCUT2D eigenvalue weighted by atomic mass is 10.6. The normalized spacial score (nSPS) is 11.1. The van der Waals surface area contributed by atoms with Gasteiger partial charge in [-0.3, -0.25) is 0 Å². The monoisotopic (exact) mass is 110 g/mol. The van der Waals surface area contributed by atoms with Crippen molar-refractivity contribution in [2.45, 2.75) is 13.3 Å². The quantitative estimate of drug-likeness (QED) is 0.389. The van der Waals surface area contributed by atoms with Crippen molar-refractivity contribution < 1.29 is 0 Å². The number of rotatable bonds is 3. The molecule has 0 heterocycles. The Balaban J connectivity index is 3.26. The standard InChI is InChI=1S/C6H10N2/c1-3-5-7-8-6-4-2/h3,5-6H,1,4H2,2H3/b7-5-,8-6-. The maximum absolute atomic E-state index is 3.65. The van der Waals surface area contributed by atoms with Crippen molar-refractivity contribution in [3.05, 3.63) is 12.7 Å². The van der Waals surface area contributed by atoms with Crippen LogP contribution in [-0.4, -0.2) is 12.4 Å². The Morgan fingerprint density at radius 2 is 2.25 bits per heavy atom. The third-order valence-electron chi connectivity index (χ3n) is 0.503. The molecule has 2 heteroatoms. The smallest absolute Gasteiger partial charge is 0.0489 e. The summed E-state index contributed by atoms with van der Waals surface area (Å²) in [6.07, 6.45) is 5.80. The number of nitrogens with zero attached hydrogens (tertiary/aromatic N) is 2. The Morgan fingerprint density at radius 1 is 1.50 bits per heavy atom. The third-order valence-corrected chi connectivity index (χ3v) is 0.503. The lowest BCUT2D eigenvalue weighted by Crippen LogP contribution is -1.64. The molecule has 0 saturated carbocycles. The van der Waals surface area contributed by atoms with Crippen molar-refractivity contribution in [3.63, 3.8) is 0 Å². The second kappa shape index (κ2) is 6.08. The fourth-order valence-corrected chi connectivity index (χ4v) is 0.214. The molecular formula is C6H10N2. The molecule has 0 bridgehead atoms. The van der Waals surface area contributed by atoms with E-state index in [2.05, 4.69) is 16.8 Å². The van der Waals surface area contributed by atoms with Gasteiger partial charge in [-0.25, -0.2) is 0 Å². The highest BCUT2D eigenvalue weighted by Crippen LogP contribution is 1.70. The molecule has 0 aromatic carbocycles. The molecule has 0 aliphatic heterocycles. The van der Waals surface area contributed by atoms with E-state index in [4.69, 9.17) is 0 Å². The molecular weight excluding hydrogens is 100 g/mol. The summed E-state index contributed by atoms with van der Waals surface area (Å²) in [5.41, 5.74) is 0. The van der Waals surface area contributed by atoms with Crippen LogP contribution in [0.1, 0.15) is 13.3 Å².